The largest absolute Gasteiger partial charge is 0.465 e. The number of hydrogen-bond acceptors (Lipinski definition) is 7. The molecular formula is C20H31ClFN7O3. The lowest BCUT2D eigenvalue weighted by Crippen LogP contribution is -2.51. The molecule has 3 rings (SSSR count). The van der Waals surface area contributed by atoms with Crippen molar-refractivity contribution in [1.82, 2.24) is 25.6 Å². The van der Waals surface area contributed by atoms with E-state index in [4.69, 9.17) is 16.7 Å². The second-order valence-corrected chi connectivity index (χ2v) is 9.00. The number of halogens is 2. The van der Waals surface area contributed by atoms with Crippen LogP contribution in [0.3, 0.4) is 0 Å². The second kappa shape index (κ2) is 11.0. The van der Waals surface area contributed by atoms with E-state index in [1.54, 1.807) is 0 Å². The summed E-state index contributed by atoms with van der Waals surface area (Å²) in [6.45, 7) is 4.04. The molecule has 0 unspecified atom stereocenters. The number of hydrazine groups is 1. The van der Waals surface area contributed by atoms with Gasteiger partial charge in [-0.05, 0) is 37.9 Å². The van der Waals surface area contributed by atoms with Crippen LogP contribution < -0.4 is 21.1 Å². The maximum atomic E-state index is 15.2. The predicted octanol–water partition coefficient (Wildman–Crippen LogP) is 2.32. The lowest BCUT2D eigenvalue weighted by molar-refractivity contribution is -0.124. The number of hydrogen-bond donors (Lipinski definition) is 4. The molecule has 1 aromatic heterocycles. The van der Waals surface area contributed by atoms with Crippen molar-refractivity contribution in [2.75, 3.05) is 43.6 Å². The van der Waals surface area contributed by atoms with Crippen LogP contribution in [0, 0.1) is 17.7 Å². The number of nitrogens with one attached hydrogen (secondary N) is 3. The molecule has 178 valence electrons. The van der Waals surface area contributed by atoms with Crippen LogP contribution in [0.15, 0.2) is 0 Å². The number of carbonyl (C=O) groups is 2. The number of rotatable bonds is 8. The van der Waals surface area contributed by atoms with Crippen molar-refractivity contribution >= 4 is 35.2 Å². The van der Waals surface area contributed by atoms with Gasteiger partial charge in [0.2, 0.25) is 17.0 Å². The third-order valence-electron chi connectivity index (χ3n) is 6.18. The zero-order valence-electron chi connectivity index (χ0n) is 18.4. The molecule has 1 saturated heterocycles. The van der Waals surface area contributed by atoms with Crippen molar-refractivity contribution < 1.29 is 19.1 Å². The molecule has 0 bridgehead atoms. The Balaban J connectivity index is 1.69. The number of piperazine rings is 1. The zero-order valence-corrected chi connectivity index (χ0v) is 19.2. The van der Waals surface area contributed by atoms with Crippen LogP contribution in [-0.2, 0) is 4.79 Å². The molecule has 0 aromatic carbocycles. The van der Waals surface area contributed by atoms with Gasteiger partial charge in [0.25, 0.3) is 0 Å². The predicted molar refractivity (Wildman–Crippen MR) is 119 cm³/mol. The van der Waals surface area contributed by atoms with Crippen molar-refractivity contribution in [2.24, 2.45) is 11.8 Å². The Morgan fingerprint density at radius 3 is 2.66 bits per heavy atom. The summed E-state index contributed by atoms with van der Waals surface area (Å²) in [5.74, 6) is -1.50. The Morgan fingerprint density at radius 1 is 1.28 bits per heavy atom. The maximum Gasteiger partial charge on any atom is 0.404 e. The molecule has 1 saturated carbocycles. The Kier molecular flexibility index (Phi) is 8.30. The number of amides is 2. The Labute approximate surface area is 191 Å². The molecule has 2 heterocycles. The fourth-order valence-electron chi connectivity index (χ4n) is 4.50. The molecule has 1 aromatic rings. The SMILES string of the molecule is C[C@@H]1CN(C)CCN1c1nc(Cl)nc(NNC(=O)[C@@H](CNC(=O)O)CC2CCCC2)c1F. The molecule has 0 spiro atoms. The minimum atomic E-state index is -1.19. The lowest BCUT2D eigenvalue weighted by atomic mass is 9.92. The standard InChI is InChI=1S/C20H31ClFN7O3/c1-12-11-28(2)7-8-29(12)17-15(22)16(24-19(21)25-17)26-27-18(30)14(10-23-20(31)32)9-13-5-3-4-6-13/h12-14,23H,3-11H2,1-2H3,(H,27,30)(H,31,32)(H,24,25,26)/t12-,14-/m1/s1. The Bertz CT molecular complexity index is 825. The zero-order chi connectivity index (χ0) is 23.3. The van der Waals surface area contributed by atoms with E-state index in [0.29, 0.717) is 18.9 Å². The summed E-state index contributed by atoms with van der Waals surface area (Å²) in [7, 11) is 2.00. The average molecular weight is 472 g/mol. The number of likely N-dealkylation sites (N-methyl/N-ethyl adjacent to an activating group) is 1. The normalized spacial score (nSPS) is 20.8. The van der Waals surface area contributed by atoms with E-state index in [-0.39, 0.29) is 29.5 Å². The first-order valence-electron chi connectivity index (χ1n) is 11.0. The average Bonchev–Trinajstić information content (AvgIpc) is 3.24. The summed E-state index contributed by atoms with van der Waals surface area (Å²) in [5, 5.41) is 11.1. The first-order chi connectivity index (χ1) is 15.2. The van der Waals surface area contributed by atoms with Gasteiger partial charge in [-0.15, -0.1) is 0 Å². The van der Waals surface area contributed by atoms with Gasteiger partial charge in [0.1, 0.15) is 0 Å². The summed E-state index contributed by atoms with van der Waals surface area (Å²) in [4.78, 5) is 35.6. The molecule has 10 nitrogen and oxygen atoms in total. The van der Waals surface area contributed by atoms with Gasteiger partial charge >= 0.3 is 6.09 Å². The van der Waals surface area contributed by atoms with Gasteiger partial charge in [0, 0.05) is 32.2 Å². The first kappa shape index (κ1) is 24.2. The van der Waals surface area contributed by atoms with Gasteiger partial charge in [-0.25, -0.2) is 4.79 Å². The van der Waals surface area contributed by atoms with E-state index in [0.717, 1.165) is 38.8 Å². The molecule has 4 N–H and O–H groups in total. The number of aromatic nitrogens is 2. The fourth-order valence-corrected chi connectivity index (χ4v) is 4.67. The molecule has 0 radical (unpaired) electrons. The molecule has 1 aliphatic heterocycles. The van der Waals surface area contributed by atoms with Crippen LogP contribution >= 0.6 is 11.6 Å². The van der Waals surface area contributed by atoms with Crippen LogP contribution in [0.4, 0.5) is 20.8 Å². The third-order valence-corrected chi connectivity index (χ3v) is 6.35. The van der Waals surface area contributed by atoms with Crippen molar-refractivity contribution in [2.45, 2.75) is 45.1 Å². The Hall–Kier alpha value is -2.40. The molecule has 2 atom stereocenters. The number of carboxylic acid groups (broad SMARTS) is 1. The van der Waals surface area contributed by atoms with Gasteiger partial charge in [0.05, 0.1) is 5.92 Å². The maximum absolute atomic E-state index is 15.2. The van der Waals surface area contributed by atoms with Crippen LogP contribution in [0.25, 0.3) is 0 Å². The summed E-state index contributed by atoms with van der Waals surface area (Å²) in [6, 6.07) is 0.0227. The van der Waals surface area contributed by atoms with E-state index < -0.39 is 23.7 Å². The van der Waals surface area contributed by atoms with Crippen molar-refractivity contribution in [3.8, 4) is 0 Å². The topological polar surface area (TPSA) is 123 Å². The molecule has 2 fully saturated rings. The summed E-state index contributed by atoms with van der Waals surface area (Å²) < 4.78 is 15.2. The molecule has 12 heteroatoms. The monoisotopic (exact) mass is 471 g/mol. The smallest absolute Gasteiger partial charge is 0.404 e. The van der Waals surface area contributed by atoms with Crippen molar-refractivity contribution in [1.29, 1.82) is 0 Å². The van der Waals surface area contributed by atoms with Gasteiger partial charge in [-0.3, -0.25) is 15.6 Å². The summed E-state index contributed by atoms with van der Waals surface area (Å²) in [6.07, 6.45) is 3.63. The van der Waals surface area contributed by atoms with Crippen molar-refractivity contribution in [3.05, 3.63) is 11.1 Å². The van der Waals surface area contributed by atoms with E-state index in [1.165, 1.54) is 0 Å². The second-order valence-electron chi connectivity index (χ2n) is 8.67. The molecular weight excluding hydrogens is 441 g/mol. The highest BCUT2D eigenvalue weighted by Crippen LogP contribution is 2.31. The Morgan fingerprint density at radius 2 is 2.00 bits per heavy atom. The van der Waals surface area contributed by atoms with Gasteiger partial charge < -0.3 is 20.2 Å². The quantitative estimate of drug-likeness (QED) is 0.336. The van der Waals surface area contributed by atoms with Crippen molar-refractivity contribution in [3.63, 3.8) is 0 Å². The molecule has 1 aliphatic carbocycles. The number of anilines is 2. The van der Waals surface area contributed by atoms with Gasteiger partial charge in [-0.1, -0.05) is 25.7 Å². The van der Waals surface area contributed by atoms with E-state index in [1.807, 2.05) is 18.9 Å². The van der Waals surface area contributed by atoms with Crippen LogP contribution in [0.1, 0.15) is 39.0 Å². The highest BCUT2D eigenvalue weighted by molar-refractivity contribution is 6.28. The molecule has 32 heavy (non-hydrogen) atoms. The highest BCUT2D eigenvalue weighted by atomic mass is 35.5. The summed E-state index contributed by atoms with van der Waals surface area (Å²) in [5.41, 5.74) is 5.00. The number of nitrogens with zero attached hydrogens (tertiary/aromatic N) is 4. The minimum absolute atomic E-state index is 0.0174. The highest BCUT2D eigenvalue weighted by Gasteiger charge is 2.29. The fraction of sp³-hybridized carbons (Fsp3) is 0.700. The van der Waals surface area contributed by atoms with Gasteiger partial charge in [-0.2, -0.15) is 14.4 Å². The first-order valence-corrected chi connectivity index (χ1v) is 11.3. The van der Waals surface area contributed by atoms with E-state index in [2.05, 4.69) is 31.0 Å². The molecule has 2 amide bonds. The van der Waals surface area contributed by atoms with E-state index in [9.17, 15) is 9.59 Å². The number of carbonyl (C=O) groups excluding carboxylic acids is 1. The summed E-state index contributed by atoms with van der Waals surface area (Å²) >= 11 is 6.04. The van der Waals surface area contributed by atoms with Crippen LogP contribution in [-0.4, -0.2) is 71.2 Å². The van der Waals surface area contributed by atoms with Crippen LogP contribution in [0.2, 0.25) is 5.28 Å². The third kappa shape index (κ3) is 6.32. The van der Waals surface area contributed by atoms with Crippen LogP contribution in [0.5, 0.6) is 0 Å². The van der Waals surface area contributed by atoms with E-state index >= 15 is 4.39 Å². The lowest BCUT2D eigenvalue weighted by Gasteiger charge is -2.39. The molecule has 2 aliphatic rings. The van der Waals surface area contributed by atoms with Gasteiger partial charge in [0.15, 0.2) is 11.6 Å². The minimum Gasteiger partial charge on any atom is -0.465 e.